The van der Waals surface area contributed by atoms with Crippen molar-refractivity contribution < 1.29 is 21.0 Å². The SMILES string of the molecule is C/[C](c1ccccc1)=[Hf](/[C]1=CC=CC1)[CH]1C=CC2=C1CCCC2.Cl.Cl. The Bertz CT molecular complexity index is 766. The number of halogens is 2. The molecule has 0 aliphatic heterocycles. The molecule has 1 atom stereocenters. The number of hydrogen-bond donors (Lipinski definition) is 0. The van der Waals surface area contributed by atoms with Gasteiger partial charge in [-0.25, -0.2) is 0 Å². The molecule has 3 aliphatic rings. The fourth-order valence-corrected chi connectivity index (χ4v) is 16.5. The van der Waals surface area contributed by atoms with Crippen LogP contribution in [0.25, 0.3) is 0 Å². The van der Waals surface area contributed by atoms with Crippen molar-refractivity contribution >= 4 is 28.1 Å². The van der Waals surface area contributed by atoms with Crippen LogP contribution in [0.3, 0.4) is 0 Å². The summed E-state index contributed by atoms with van der Waals surface area (Å²) >= 11 is -2.09. The van der Waals surface area contributed by atoms with Crippen molar-refractivity contribution in [2.75, 3.05) is 0 Å². The minimum atomic E-state index is -2.09. The molecule has 0 saturated carbocycles. The van der Waals surface area contributed by atoms with Crippen molar-refractivity contribution in [3.05, 3.63) is 80.8 Å². The second kappa shape index (κ2) is 9.44. The van der Waals surface area contributed by atoms with E-state index in [0.29, 0.717) is 0 Å². The summed E-state index contributed by atoms with van der Waals surface area (Å²) in [6.07, 6.45) is 18.8. The van der Waals surface area contributed by atoms with Gasteiger partial charge < -0.3 is 0 Å². The predicted octanol–water partition coefficient (Wildman–Crippen LogP) is 6.76. The summed E-state index contributed by atoms with van der Waals surface area (Å²) in [4.78, 5) is 0. The van der Waals surface area contributed by atoms with Crippen LogP contribution >= 0.6 is 24.8 Å². The van der Waals surface area contributed by atoms with E-state index in [1.54, 1.807) is 12.2 Å². The van der Waals surface area contributed by atoms with Gasteiger partial charge in [-0.3, -0.25) is 0 Å². The molecule has 132 valence electrons. The molecular weight excluding hydrogens is 514 g/mol. The van der Waals surface area contributed by atoms with Crippen molar-refractivity contribution in [1.82, 2.24) is 0 Å². The molecule has 0 radical (unpaired) electrons. The molecule has 0 saturated heterocycles. The van der Waals surface area contributed by atoms with Gasteiger partial charge in [-0.05, 0) is 0 Å². The standard InChI is InChI=1S/C9H11.C8H8.C5H5.2ClH.Hf/c1-2-5-9-7-3-6-8(9)4-1;1-2-8-6-4-3-5-7-8;1-2-4-5-3-1;;;/h3,6-7H,1-2,4-5H2;3-7H,1H3;1-3H,4H2;2*1H;. The molecule has 3 heteroatoms. The van der Waals surface area contributed by atoms with Crippen molar-refractivity contribution in [2.24, 2.45) is 0 Å². The molecule has 0 amide bonds. The van der Waals surface area contributed by atoms with Crippen molar-refractivity contribution in [1.29, 1.82) is 0 Å². The minimum absolute atomic E-state index is 0. The van der Waals surface area contributed by atoms with Crippen LogP contribution in [0.5, 0.6) is 0 Å². The van der Waals surface area contributed by atoms with Gasteiger partial charge in [-0.2, -0.15) is 0 Å². The first-order valence-electron chi connectivity index (χ1n) is 8.87. The minimum Gasteiger partial charge on any atom is -0.147 e. The van der Waals surface area contributed by atoms with Gasteiger partial charge >= 0.3 is 148 Å². The van der Waals surface area contributed by atoms with Gasteiger partial charge in [0, 0.05) is 0 Å². The average Bonchev–Trinajstić information content (AvgIpc) is 3.27. The molecular formula is C22H26Cl2Hf. The van der Waals surface area contributed by atoms with E-state index in [0.717, 1.165) is 3.67 Å². The Morgan fingerprint density at radius 3 is 2.52 bits per heavy atom. The van der Waals surface area contributed by atoms with Gasteiger partial charge in [0.05, 0.1) is 0 Å². The fourth-order valence-electron chi connectivity index (χ4n) is 4.26. The molecule has 0 aromatic heterocycles. The molecule has 0 N–H and O–H groups in total. The van der Waals surface area contributed by atoms with Gasteiger partial charge in [0.15, 0.2) is 0 Å². The Kier molecular flexibility index (Phi) is 7.86. The second-order valence-electron chi connectivity index (χ2n) is 6.82. The van der Waals surface area contributed by atoms with Gasteiger partial charge in [0.2, 0.25) is 0 Å². The smallest absolute Gasteiger partial charge is 0.147 e. The molecule has 3 aliphatic carbocycles. The van der Waals surface area contributed by atoms with Crippen LogP contribution in [0.15, 0.2) is 75.2 Å². The molecule has 0 spiro atoms. The summed E-state index contributed by atoms with van der Waals surface area (Å²) in [6.45, 7) is 2.44. The molecule has 1 aromatic carbocycles. The zero-order valence-electron chi connectivity index (χ0n) is 14.7. The van der Waals surface area contributed by atoms with Gasteiger partial charge in [-0.15, -0.1) is 24.8 Å². The maximum atomic E-state index is 2.59. The van der Waals surface area contributed by atoms with Gasteiger partial charge in [0.25, 0.3) is 0 Å². The summed E-state index contributed by atoms with van der Waals surface area (Å²) in [6, 6.07) is 11.2. The fraction of sp³-hybridized carbons (Fsp3) is 0.318. The zero-order valence-corrected chi connectivity index (χ0v) is 19.9. The van der Waals surface area contributed by atoms with E-state index in [1.165, 1.54) is 37.7 Å². The Labute approximate surface area is 171 Å². The Morgan fingerprint density at radius 2 is 1.80 bits per heavy atom. The molecule has 0 heterocycles. The number of allylic oxidation sites excluding steroid dienone is 8. The van der Waals surface area contributed by atoms with E-state index in [4.69, 9.17) is 0 Å². The van der Waals surface area contributed by atoms with E-state index in [1.807, 2.05) is 5.57 Å². The number of hydrogen-bond acceptors (Lipinski definition) is 0. The third-order valence-electron chi connectivity index (χ3n) is 5.46. The van der Waals surface area contributed by atoms with E-state index in [9.17, 15) is 0 Å². The van der Waals surface area contributed by atoms with E-state index in [2.05, 4.69) is 67.6 Å². The topological polar surface area (TPSA) is 0 Å². The molecule has 4 rings (SSSR count). The maximum absolute atomic E-state index is 2.59. The first kappa shape index (κ1) is 20.8. The third-order valence-corrected chi connectivity index (χ3v) is 17.4. The van der Waals surface area contributed by atoms with E-state index >= 15 is 0 Å². The van der Waals surface area contributed by atoms with Crippen LogP contribution in [-0.4, -0.2) is 3.26 Å². The van der Waals surface area contributed by atoms with E-state index < -0.39 is 21.0 Å². The van der Waals surface area contributed by atoms with Crippen molar-refractivity contribution in [3.8, 4) is 0 Å². The maximum Gasteiger partial charge on any atom is -0.147 e. The van der Waals surface area contributed by atoms with Crippen LogP contribution < -0.4 is 0 Å². The second-order valence-corrected chi connectivity index (χ2v) is 17.0. The first-order chi connectivity index (χ1) is 11.3. The quantitative estimate of drug-likeness (QED) is 0.372. The Morgan fingerprint density at radius 1 is 1.04 bits per heavy atom. The summed E-state index contributed by atoms with van der Waals surface area (Å²) in [5.74, 6) is 0. The Balaban J connectivity index is 0.00000113. The van der Waals surface area contributed by atoms with Crippen LogP contribution in [0.2, 0.25) is 3.67 Å². The molecule has 0 fully saturated rings. The summed E-state index contributed by atoms with van der Waals surface area (Å²) in [5.41, 5.74) is 5.00. The molecule has 1 unspecified atom stereocenters. The van der Waals surface area contributed by atoms with Crippen LogP contribution in [-0.2, 0) is 21.0 Å². The average molecular weight is 540 g/mol. The van der Waals surface area contributed by atoms with Crippen molar-refractivity contribution in [2.45, 2.75) is 42.7 Å². The van der Waals surface area contributed by atoms with Crippen LogP contribution in [0, 0.1) is 0 Å². The normalized spacial score (nSPS) is 22.0. The largest absolute Gasteiger partial charge is 0.147 e. The third kappa shape index (κ3) is 4.26. The molecule has 1 aromatic rings. The summed E-state index contributed by atoms with van der Waals surface area (Å²) in [7, 11) is 0. The number of rotatable bonds is 3. The van der Waals surface area contributed by atoms with Gasteiger partial charge in [0.1, 0.15) is 0 Å². The first-order valence-corrected chi connectivity index (χ1v) is 14.5. The van der Waals surface area contributed by atoms with Gasteiger partial charge in [-0.1, -0.05) is 0 Å². The molecule has 0 bridgehead atoms. The predicted molar refractivity (Wildman–Crippen MR) is 111 cm³/mol. The number of benzene rings is 1. The molecule has 0 nitrogen and oxygen atoms in total. The molecule has 25 heavy (non-hydrogen) atoms. The summed E-state index contributed by atoms with van der Waals surface area (Å²) < 4.78 is 4.33. The summed E-state index contributed by atoms with van der Waals surface area (Å²) in [5, 5.41) is 0. The Hall–Kier alpha value is -0.500. The monoisotopic (exact) mass is 540 g/mol. The van der Waals surface area contributed by atoms with Crippen LogP contribution in [0.4, 0.5) is 0 Å². The van der Waals surface area contributed by atoms with Crippen molar-refractivity contribution in [3.63, 3.8) is 0 Å². The van der Waals surface area contributed by atoms with Crippen LogP contribution in [0.1, 0.15) is 44.6 Å². The zero-order chi connectivity index (χ0) is 15.6. The van der Waals surface area contributed by atoms with E-state index in [-0.39, 0.29) is 24.8 Å².